The number of hydrogen-bond donors (Lipinski definition) is 0. The smallest absolute Gasteiger partial charge is 0.376 e. The number of halogens is 3. The van der Waals surface area contributed by atoms with Gasteiger partial charge in [-0.3, -0.25) is 9.97 Å². The van der Waals surface area contributed by atoms with Crippen LogP contribution in [0.5, 0.6) is 5.75 Å². The van der Waals surface area contributed by atoms with Gasteiger partial charge in [-0.25, -0.2) is 0 Å². The van der Waals surface area contributed by atoms with Gasteiger partial charge < -0.3 is 4.18 Å². The van der Waals surface area contributed by atoms with E-state index in [0.717, 1.165) is 62.3 Å². The van der Waals surface area contributed by atoms with Crippen molar-refractivity contribution in [3.63, 3.8) is 0 Å². The average Bonchev–Trinajstić information content (AvgIpc) is 3.41. The van der Waals surface area contributed by atoms with Crippen LogP contribution < -0.4 is 4.18 Å². The van der Waals surface area contributed by atoms with E-state index < -0.39 is 21.4 Å². The largest absolute Gasteiger partial charge is 0.534 e. The van der Waals surface area contributed by atoms with Crippen molar-refractivity contribution in [1.29, 1.82) is 0 Å². The van der Waals surface area contributed by atoms with E-state index in [4.69, 9.17) is 9.17 Å². The number of nitrogens with zero attached hydrogens (tertiary/aromatic N) is 2. The van der Waals surface area contributed by atoms with Crippen LogP contribution in [-0.2, 0) is 26.4 Å². The summed E-state index contributed by atoms with van der Waals surface area (Å²) in [5.41, 5.74) is 8.38. The normalized spacial score (nSPS) is 14.7. The van der Waals surface area contributed by atoms with Gasteiger partial charge in [0.2, 0.25) is 0 Å². The molecule has 8 rings (SSSR count). The van der Waals surface area contributed by atoms with Crippen LogP contribution in [0.1, 0.15) is 77.1 Å². The predicted octanol–water partition coefficient (Wildman–Crippen LogP) is 14.3. The second-order valence-corrected chi connectivity index (χ2v) is 20.2. The lowest BCUT2D eigenvalue weighted by atomic mass is 9.82. The zero-order valence-corrected chi connectivity index (χ0v) is 37.0. The van der Waals surface area contributed by atoms with Crippen LogP contribution in [0.2, 0.25) is 0 Å². The minimum absolute atomic E-state index is 0.0291. The summed E-state index contributed by atoms with van der Waals surface area (Å²) in [6, 6.07) is 40.3. The molecule has 62 heavy (non-hydrogen) atoms. The van der Waals surface area contributed by atoms with Crippen molar-refractivity contribution in [2.24, 2.45) is 0 Å². The number of pyridine rings is 2. The molecule has 0 aliphatic heterocycles. The van der Waals surface area contributed by atoms with Crippen LogP contribution >= 0.6 is 0 Å². The molecular weight excluding hydrogens is 802 g/mol. The van der Waals surface area contributed by atoms with Crippen molar-refractivity contribution >= 4 is 10.1 Å². The van der Waals surface area contributed by atoms with Gasteiger partial charge in [-0.15, -0.1) is 0 Å². The molecule has 0 fully saturated rings. The highest BCUT2D eigenvalue weighted by molar-refractivity contribution is 7.88. The first-order chi connectivity index (χ1) is 29.1. The van der Waals surface area contributed by atoms with Gasteiger partial charge in [0, 0.05) is 29.1 Å². The number of fused-ring (bicyclic) bond motifs is 1. The highest BCUT2D eigenvalue weighted by atomic mass is 32.2. The predicted molar refractivity (Wildman–Crippen MR) is 244 cm³/mol. The van der Waals surface area contributed by atoms with Crippen LogP contribution in [-0.4, -0.2) is 23.9 Å². The third-order valence-electron chi connectivity index (χ3n) is 12.0. The lowest BCUT2D eigenvalue weighted by Gasteiger charge is -2.22. The average molecular weight is 851 g/mol. The molecule has 2 aromatic heterocycles. The van der Waals surface area contributed by atoms with Gasteiger partial charge in [0.1, 0.15) is 5.75 Å². The fraction of sp³-hybridized carbons (Fsp3) is 0.245. The highest BCUT2D eigenvalue weighted by Gasteiger charge is 2.48. The molecule has 1 aliphatic rings. The lowest BCUT2D eigenvalue weighted by molar-refractivity contribution is -0.0500. The van der Waals surface area contributed by atoms with E-state index in [2.05, 4.69) is 83.8 Å². The van der Waals surface area contributed by atoms with E-state index in [1.54, 1.807) is 0 Å². The Morgan fingerprint density at radius 1 is 0.565 bits per heavy atom. The Bertz CT molecular complexity index is 2960. The second kappa shape index (κ2) is 15.4. The summed E-state index contributed by atoms with van der Waals surface area (Å²) in [6.07, 6.45) is 4.70. The summed E-state index contributed by atoms with van der Waals surface area (Å²) in [7, 11) is -5.99. The number of aromatic nitrogens is 2. The fourth-order valence-electron chi connectivity index (χ4n) is 9.11. The number of aryl methyl sites for hydroxylation is 1. The Labute approximate surface area is 362 Å². The standard InChI is InChI=1S/C53H49F3N2O3S/c1-33-25-48(36-21-22-46-47(29-36)52(7,8)32-51(46,5)6)58-31-45(33)44-16-12-11-15-43(44)38-26-37(27-40(28-38)61-62(59,60)53(54,55)56)42-14-10-9-13-41(42)34-17-19-35(20-18-34)49-30-39(23-24-57-49)50(2,3)4/h9-31H,32H2,1-8H3. The zero-order chi connectivity index (χ0) is 44.4. The first kappa shape index (κ1) is 42.6. The van der Waals surface area contributed by atoms with Gasteiger partial charge in [-0.2, -0.15) is 21.6 Å². The van der Waals surface area contributed by atoms with Crippen LogP contribution in [0.4, 0.5) is 13.2 Å². The SMILES string of the molecule is Cc1cc(-c2ccc3c(c2)C(C)(C)CC3(C)C)ncc1-c1ccccc1-c1cc(OS(=O)(=O)C(F)(F)F)cc(-c2ccccc2-c2ccc(-c3cc(C(C)(C)C)ccn3)cc2)c1. The van der Waals surface area contributed by atoms with E-state index in [0.29, 0.717) is 22.3 Å². The van der Waals surface area contributed by atoms with Crippen molar-refractivity contribution in [3.8, 4) is 72.8 Å². The molecule has 5 nitrogen and oxygen atoms in total. The Kier molecular flexibility index (Phi) is 10.6. The fourth-order valence-corrected chi connectivity index (χ4v) is 9.55. The summed E-state index contributed by atoms with van der Waals surface area (Å²) in [5.74, 6) is -0.465. The topological polar surface area (TPSA) is 69.2 Å². The molecule has 0 saturated heterocycles. The quantitative estimate of drug-likeness (QED) is 0.113. The molecule has 0 unspecified atom stereocenters. The van der Waals surface area contributed by atoms with Gasteiger partial charge in [-0.1, -0.05) is 133 Å². The monoisotopic (exact) mass is 850 g/mol. The summed E-state index contributed by atoms with van der Waals surface area (Å²) < 4.78 is 71.2. The van der Waals surface area contributed by atoms with Crippen molar-refractivity contribution in [1.82, 2.24) is 9.97 Å². The summed E-state index contributed by atoms with van der Waals surface area (Å²) in [5, 5.41) is 0. The Morgan fingerprint density at radius 2 is 1.10 bits per heavy atom. The molecule has 0 spiro atoms. The lowest BCUT2D eigenvalue weighted by Crippen LogP contribution is -2.28. The molecule has 7 aromatic rings. The van der Waals surface area contributed by atoms with Gasteiger partial charge in [0.25, 0.3) is 0 Å². The third-order valence-corrected chi connectivity index (χ3v) is 13.0. The third kappa shape index (κ3) is 8.18. The molecule has 1 aliphatic carbocycles. The minimum atomic E-state index is -5.99. The molecule has 5 aromatic carbocycles. The molecule has 0 amide bonds. The number of benzene rings is 5. The van der Waals surface area contributed by atoms with E-state index in [-0.39, 0.29) is 16.2 Å². The maximum atomic E-state index is 13.8. The number of rotatable bonds is 8. The molecule has 0 N–H and O–H groups in total. The van der Waals surface area contributed by atoms with Crippen LogP contribution in [0.25, 0.3) is 67.0 Å². The van der Waals surface area contributed by atoms with Gasteiger partial charge in [0.15, 0.2) is 0 Å². The molecule has 0 radical (unpaired) electrons. The van der Waals surface area contributed by atoms with Gasteiger partial charge in [-0.05, 0) is 133 Å². The molecule has 0 saturated carbocycles. The van der Waals surface area contributed by atoms with Crippen LogP contribution in [0.3, 0.4) is 0 Å². The Hall–Kier alpha value is -6.06. The molecular formula is C53H49F3N2O3S. The molecule has 2 heterocycles. The molecule has 316 valence electrons. The number of alkyl halides is 3. The van der Waals surface area contributed by atoms with Crippen molar-refractivity contribution in [2.45, 2.75) is 83.6 Å². The van der Waals surface area contributed by atoms with Gasteiger partial charge >= 0.3 is 15.6 Å². The molecule has 9 heteroatoms. The van der Waals surface area contributed by atoms with Gasteiger partial charge in [0.05, 0.1) is 11.4 Å². The van der Waals surface area contributed by atoms with Crippen LogP contribution in [0.15, 0.2) is 140 Å². The zero-order valence-electron chi connectivity index (χ0n) is 36.1. The van der Waals surface area contributed by atoms with Crippen molar-refractivity contribution in [2.75, 3.05) is 0 Å². The maximum Gasteiger partial charge on any atom is 0.534 e. The molecule has 0 bridgehead atoms. The summed E-state index contributed by atoms with van der Waals surface area (Å²) in [6.45, 7) is 17.6. The van der Waals surface area contributed by atoms with E-state index >= 15 is 0 Å². The Morgan fingerprint density at radius 3 is 1.69 bits per heavy atom. The first-order valence-electron chi connectivity index (χ1n) is 20.7. The summed E-state index contributed by atoms with van der Waals surface area (Å²) >= 11 is 0. The number of hydrogen-bond acceptors (Lipinski definition) is 5. The minimum Gasteiger partial charge on any atom is -0.376 e. The van der Waals surface area contributed by atoms with Crippen LogP contribution in [0, 0.1) is 6.92 Å². The first-order valence-corrected chi connectivity index (χ1v) is 22.1. The van der Waals surface area contributed by atoms with Crippen molar-refractivity contribution in [3.05, 3.63) is 162 Å². The molecule has 0 atom stereocenters. The summed E-state index contributed by atoms with van der Waals surface area (Å²) in [4.78, 5) is 9.55. The van der Waals surface area contributed by atoms with E-state index in [1.807, 2.05) is 104 Å². The highest BCUT2D eigenvalue weighted by Crippen LogP contribution is 2.50. The Balaban J connectivity index is 1.21. The van der Waals surface area contributed by atoms with E-state index in [9.17, 15) is 21.6 Å². The van der Waals surface area contributed by atoms with E-state index in [1.165, 1.54) is 23.3 Å². The second-order valence-electron chi connectivity index (χ2n) is 18.7. The van der Waals surface area contributed by atoms with Crippen molar-refractivity contribution < 1.29 is 25.8 Å². The maximum absolute atomic E-state index is 13.8.